The van der Waals surface area contributed by atoms with Crippen LogP contribution >= 0.6 is 11.6 Å². The molecule has 0 radical (unpaired) electrons. The Hall–Kier alpha value is -1.42. The Labute approximate surface area is 111 Å². The molecule has 1 unspecified atom stereocenters. The van der Waals surface area contributed by atoms with Crippen molar-refractivity contribution in [3.63, 3.8) is 0 Å². The first kappa shape index (κ1) is 13.0. The van der Waals surface area contributed by atoms with Gasteiger partial charge in [0.2, 0.25) is 0 Å². The number of halogens is 1. The van der Waals surface area contributed by atoms with Gasteiger partial charge in [0, 0.05) is 19.0 Å². The van der Waals surface area contributed by atoms with E-state index in [2.05, 4.69) is 0 Å². The van der Waals surface area contributed by atoms with E-state index in [1.54, 1.807) is 11.0 Å². The maximum atomic E-state index is 12.2. The highest BCUT2D eigenvalue weighted by Crippen LogP contribution is 2.30. The van der Waals surface area contributed by atoms with Crippen molar-refractivity contribution >= 4 is 17.5 Å². The Bertz CT molecular complexity index is 450. The lowest BCUT2D eigenvalue weighted by atomic mass is 10.1. The predicted octanol–water partition coefficient (Wildman–Crippen LogP) is 2.19. The topological polar surface area (TPSA) is 60.8 Å². The van der Waals surface area contributed by atoms with Gasteiger partial charge in [-0.05, 0) is 30.9 Å². The molecule has 1 fully saturated rings. The molecule has 98 valence electrons. The molecule has 0 bridgehead atoms. The molecule has 1 saturated heterocycles. The van der Waals surface area contributed by atoms with E-state index in [4.69, 9.17) is 11.6 Å². The summed E-state index contributed by atoms with van der Waals surface area (Å²) in [6, 6.07) is 4.42. The summed E-state index contributed by atoms with van der Waals surface area (Å²) in [7, 11) is 0. The van der Waals surface area contributed by atoms with Crippen LogP contribution < -0.4 is 0 Å². The van der Waals surface area contributed by atoms with Crippen LogP contribution in [0.4, 0.5) is 0 Å². The third-order valence-electron chi connectivity index (χ3n) is 3.34. The van der Waals surface area contributed by atoms with Crippen LogP contribution in [0.5, 0.6) is 11.5 Å². The number of carbonyl (C=O) groups excluding carboxylic acids is 1. The Morgan fingerprint density at radius 3 is 2.94 bits per heavy atom. The number of para-hydroxylation sites is 1. The summed E-state index contributed by atoms with van der Waals surface area (Å²) in [6.45, 7) is 1.34. The lowest BCUT2D eigenvalue weighted by Crippen LogP contribution is -2.28. The van der Waals surface area contributed by atoms with Crippen molar-refractivity contribution in [3.8, 4) is 11.5 Å². The minimum atomic E-state index is -0.344. The number of phenols is 2. The van der Waals surface area contributed by atoms with Crippen LogP contribution in [0.2, 0.25) is 0 Å². The van der Waals surface area contributed by atoms with Gasteiger partial charge in [-0.15, -0.1) is 11.6 Å². The van der Waals surface area contributed by atoms with E-state index < -0.39 is 0 Å². The number of nitrogens with zero attached hydrogens (tertiary/aromatic N) is 1. The predicted molar refractivity (Wildman–Crippen MR) is 69.1 cm³/mol. The van der Waals surface area contributed by atoms with Crippen LogP contribution in [0.15, 0.2) is 18.2 Å². The third-order valence-corrected chi connectivity index (χ3v) is 3.55. The second-order valence-electron chi connectivity index (χ2n) is 4.56. The van der Waals surface area contributed by atoms with Gasteiger partial charge in [0.05, 0.1) is 5.56 Å². The first-order chi connectivity index (χ1) is 8.63. The molecule has 0 saturated carbocycles. The largest absolute Gasteiger partial charge is 0.504 e. The zero-order valence-electron chi connectivity index (χ0n) is 9.97. The molecule has 2 rings (SSSR count). The molecule has 18 heavy (non-hydrogen) atoms. The summed E-state index contributed by atoms with van der Waals surface area (Å²) in [4.78, 5) is 13.9. The molecule has 1 aromatic carbocycles. The van der Waals surface area contributed by atoms with Crippen molar-refractivity contribution in [2.45, 2.75) is 12.8 Å². The monoisotopic (exact) mass is 269 g/mol. The number of benzene rings is 1. The minimum Gasteiger partial charge on any atom is -0.504 e. The molecular formula is C13H16ClNO3. The highest BCUT2D eigenvalue weighted by molar-refractivity contribution is 6.17. The molecule has 1 amide bonds. The van der Waals surface area contributed by atoms with E-state index in [0.717, 1.165) is 12.8 Å². The molecule has 1 aliphatic heterocycles. The number of aromatic hydroxyl groups is 2. The second-order valence-corrected chi connectivity index (χ2v) is 4.93. The van der Waals surface area contributed by atoms with E-state index >= 15 is 0 Å². The highest BCUT2D eigenvalue weighted by atomic mass is 35.5. The Morgan fingerprint density at radius 2 is 2.22 bits per heavy atom. The summed E-state index contributed by atoms with van der Waals surface area (Å²) in [5.41, 5.74) is 0.154. The molecule has 4 nitrogen and oxygen atoms in total. The van der Waals surface area contributed by atoms with Gasteiger partial charge < -0.3 is 15.1 Å². The Morgan fingerprint density at radius 1 is 1.44 bits per heavy atom. The summed E-state index contributed by atoms with van der Waals surface area (Å²) in [6.07, 6.45) is 1.84. The van der Waals surface area contributed by atoms with Gasteiger partial charge in [0.15, 0.2) is 11.5 Å². The van der Waals surface area contributed by atoms with Gasteiger partial charge in [-0.1, -0.05) is 6.07 Å². The summed E-state index contributed by atoms with van der Waals surface area (Å²) >= 11 is 5.70. The summed E-state index contributed by atoms with van der Waals surface area (Å²) in [5, 5.41) is 19.1. The first-order valence-electron chi connectivity index (χ1n) is 5.99. The van der Waals surface area contributed by atoms with Gasteiger partial charge in [-0.3, -0.25) is 4.79 Å². The van der Waals surface area contributed by atoms with Crippen molar-refractivity contribution in [3.05, 3.63) is 23.8 Å². The van der Waals surface area contributed by atoms with E-state index in [9.17, 15) is 15.0 Å². The average Bonchev–Trinajstić information content (AvgIpc) is 2.81. The number of amides is 1. The fraction of sp³-hybridized carbons (Fsp3) is 0.462. The number of alkyl halides is 1. The van der Waals surface area contributed by atoms with E-state index in [1.165, 1.54) is 12.1 Å². The van der Waals surface area contributed by atoms with Crippen LogP contribution in [0, 0.1) is 5.92 Å². The van der Waals surface area contributed by atoms with Crippen LogP contribution in [-0.4, -0.2) is 40.0 Å². The smallest absolute Gasteiger partial charge is 0.257 e. The van der Waals surface area contributed by atoms with Crippen LogP contribution in [-0.2, 0) is 0 Å². The molecule has 1 atom stereocenters. The fourth-order valence-corrected chi connectivity index (χ4v) is 2.59. The molecule has 0 aliphatic carbocycles. The van der Waals surface area contributed by atoms with Crippen molar-refractivity contribution in [1.29, 1.82) is 0 Å². The maximum Gasteiger partial charge on any atom is 0.257 e. The SMILES string of the molecule is O=C(c1cccc(O)c1O)N1CCC(CCCl)C1. The molecule has 0 spiro atoms. The quantitative estimate of drug-likeness (QED) is 0.653. The maximum absolute atomic E-state index is 12.2. The van der Waals surface area contributed by atoms with Crippen LogP contribution in [0.25, 0.3) is 0 Å². The van der Waals surface area contributed by atoms with Crippen molar-refractivity contribution in [2.75, 3.05) is 19.0 Å². The van der Waals surface area contributed by atoms with E-state index in [1.807, 2.05) is 0 Å². The third kappa shape index (κ3) is 2.53. The average molecular weight is 270 g/mol. The molecular weight excluding hydrogens is 254 g/mol. The van der Waals surface area contributed by atoms with Crippen molar-refractivity contribution < 1.29 is 15.0 Å². The Kier molecular flexibility index (Phi) is 3.97. The number of rotatable bonds is 3. The van der Waals surface area contributed by atoms with Gasteiger partial charge in [0.1, 0.15) is 0 Å². The van der Waals surface area contributed by atoms with E-state index in [-0.39, 0.29) is 23.0 Å². The molecule has 5 heteroatoms. The van der Waals surface area contributed by atoms with Crippen molar-refractivity contribution in [2.24, 2.45) is 5.92 Å². The molecule has 1 heterocycles. The van der Waals surface area contributed by atoms with Crippen molar-refractivity contribution in [1.82, 2.24) is 4.90 Å². The molecule has 1 aromatic rings. The van der Waals surface area contributed by atoms with Gasteiger partial charge in [-0.2, -0.15) is 0 Å². The van der Waals surface area contributed by atoms with Gasteiger partial charge >= 0.3 is 0 Å². The van der Waals surface area contributed by atoms with E-state index in [0.29, 0.717) is 24.9 Å². The lowest BCUT2D eigenvalue weighted by Gasteiger charge is -2.17. The van der Waals surface area contributed by atoms with Crippen LogP contribution in [0.1, 0.15) is 23.2 Å². The van der Waals surface area contributed by atoms with Crippen LogP contribution in [0.3, 0.4) is 0 Å². The lowest BCUT2D eigenvalue weighted by molar-refractivity contribution is 0.0783. The normalized spacial score (nSPS) is 19.2. The standard InChI is InChI=1S/C13H16ClNO3/c14-6-4-9-5-7-15(8-9)13(18)10-2-1-3-11(16)12(10)17/h1-3,9,16-17H,4-8H2. The number of carbonyl (C=O) groups is 1. The molecule has 2 N–H and O–H groups in total. The Balaban J connectivity index is 2.11. The molecule has 0 aromatic heterocycles. The first-order valence-corrected chi connectivity index (χ1v) is 6.53. The second kappa shape index (κ2) is 5.48. The number of hydrogen-bond donors (Lipinski definition) is 2. The minimum absolute atomic E-state index is 0.154. The number of phenolic OH excluding ortho intramolecular Hbond substituents is 2. The zero-order valence-corrected chi connectivity index (χ0v) is 10.7. The summed E-state index contributed by atoms with van der Waals surface area (Å²) < 4.78 is 0. The van der Waals surface area contributed by atoms with Gasteiger partial charge in [0.25, 0.3) is 5.91 Å². The zero-order chi connectivity index (χ0) is 13.1. The fourth-order valence-electron chi connectivity index (χ4n) is 2.28. The number of likely N-dealkylation sites (tertiary alicyclic amines) is 1. The van der Waals surface area contributed by atoms with Gasteiger partial charge in [-0.25, -0.2) is 0 Å². The summed E-state index contributed by atoms with van der Waals surface area (Å²) in [5.74, 6) is 0.191. The number of hydrogen-bond acceptors (Lipinski definition) is 3. The highest BCUT2D eigenvalue weighted by Gasteiger charge is 2.28. The molecule has 1 aliphatic rings.